The van der Waals surface area contributed by atoms with Crippen LogP contribution in [0, 0.1) is 17.7 Å². The molecule has 0 spiro atoms. The Kier molecular flexibility index (Phi) is 3.49. The molecule has 5 rings (SSSR count). The van der Waals surface area contributed by atoms with Gasteiger partial charge in [0.15, 0.2) is 0 Å². The first-order valence-electron chi connectivity index (χ1n) is 9.22. The average molecular weight is 371 g/mol. The molecule has 3 fully saturated rings. The van der Waals surface area contributed by atoms with Gasteiger partial charge in [-0.15, -0.1) is 0 Å². The number of nitrogens with one attached hydrogen (secondary N) is 2. The van der Waals surface area contributed by atoms with Crippen molar-refractivity contribution in [2.24, 2.45) is 11.8 Å². The number of nitrogens with zero attached hydrogens (tertiary/aromatic N) is 1. The fourth-order valence-corrected chi connectivity index (χ4v) is 5.11. The molecule has 140 valence electrons. The minimum absolute atomic E-state index is 0.0393. The number of hydrogen-bond donors (Lipinski definition) is 2. The molecule has 0 radical (unpaired) electrons. The minimum atomic E-state index is -1.08. The monoisotopic (exact) mass is 371 g/mol. The molecule has 3 heterocycles. The molecule has 4 amide bonds. The van der Waals surface area contributed by atoms with Crippen LogP contribution in [0.5, 0.6) is 0 Å². The van der Waals surface area contributed by atoms with Crippen LogP contribution in [0.1, 0.15) is 51.5 Å². The number of imide groups is 2. The normalized spacial score (nSPS) is 32.3. The molecule has 3 unspecified atom stereocenters. The van der Waals surface area contributed by atoms with Crippen LogP contribution in [-0.2, 0) is 9.59 Å². The maximum absolute atomic E-state index is 14.5. The fourth-order valence-electron chi connectivity index (χ4n) is 5.11. The predicted octanol–water partition coefficient (Wildman–Crippen LogP) is 0.550. The van der Waals surface area contributed by atoms with Crippen molar-refractivity contribution in [1.82, 2.24) is 15.5 Å². The van der Waals surface area contributed by atoms with E-state index in [9.17, 15) is 23.6 Å². The van der Waals surface area contributed by atoms with Crippen LogP contribution in [0.2, 0.25) is 0 Å². The molecule has 3 aliphatic heterocycles. The standard InChI is InChI=1S/C19H18FN3O4/c20-11-2-1-10(14-8-5-9(14)7-21-6-8)15-16(11)19(27)23(18(15)26)12-3-4-13(24)22-17(12)25/h1-2,8-9,12,14,21H,3-7H2,(H,22,24,25). The average Bonchev–Trinajstić information content (AvgIpc) is 2.90. The minimum Gasteiger partial charge on any atom is -0.316 e. The van der Waals surface area contributed by atoms with Crippen molar-refractivity contribution in [1.29, 1.82) is 0 Å². The summed E-state index contributed by atoms with van der Waals surface area (Å²) >= 11 is 0. The van der Waals surface area contributed by atoms with Crippen LogP contribution < -0.4 is 10.6 Å². The van der Waals surface area contributed by atoms with Crippen molar-refractivity contribution in [2.45, 2.75) is 31.2 Å². The Morgan fingerprint density at radius 2 is 1.70 bits per heavy atom. The third-order valence-corrected chi connectivity index (χ3v) is 6.37. The van der Waals surface area contributed by atoms with E-state index >= 15 is 0 Å². The number of rotatable bonds is 2. The number of amides is 4. The van der Waals surface area contributed by atoms with Gasteiger partial charge in [0.25, 0.3) is 11.8 Å². The molecule has 8 heteroatoms. The molecule has 4 aliphatic rings. The molecular formula is C19H18FN3O4. The second-order valence-electron chi connectivity index (χ2n) is 7.77. The second-order valence-corrected chi connectivity index (χ2v) is 7.77. The van der Waals surface area contributed by atoms with E-state index in [0.717, 1.165) is 24.4 Å². The van der Waals surface area contributed by atoms with E-state index in [1.54, 1.807) is 6.07 Å². The lowest BCUT2D eigenvalue weighted by atomic mass is 9.59. The number of halogens is 1. The summed E-state index contributed by atoms with van der Waals surface area (Å²) in [6, 6.07) is 1.78. The van der Waals surface area contributed by atoms with Gasteiger partial charge >= 0.3 is 0 Å². The van der Waals surface area contributed by atoms with E-state index in [1.165, 1.54) is 6.07 Å². The molecule has 1 aromatic rings. The summed E-state index contributed by atoms with van der Waals surface area (Å²) in [7, 11) is 0. The summed E-state index contributed by atoms with van der Waals surface area (Å²) < 4.78 is 14.5. The van der Waals surface area contributed by atoms with Crippen LogP contribution in [0.3, 0.4) is 0 Å². The van der Waals surface area contributed by atoms with E-state index in [-0.39, 0.29) is 29.9 Å². The van der Waals surface area contributed by atoms with Gasteiger partial charge in [-0.2, -0.15) is 0 Å². The molecule has 2 bridgehead atoms. The Bertz CT molecular complexity index is 900. The van der Waals surface area contributed by atoms with E-state index in [0.29, 0.717) is 17.4 Å². The highest BCUT2D eigenvalue weighted by Crippen LogP contribution is 2.51. The molecule has 3 atom stereocenters. The smallest absolute Gasteiger partial charge is 0.265 e. The highest BCUT2D eigenvalue weighted by Gasteiger charge is 2.51. The molecule has 27 heavy (non-hydrogen) atoms. The molecule has 2 saturated heterocycles. The Balaban J connectivity index is 1.56. The summed E-state index contributed by atoms with van der Waals surface area (Å²) in [6.45, 7) is 1.68. The van der Waals surface area contributed by atoms with Crippen LogP contribution >= 0.6 is 0 Å². The molecule has 1 aromatic carbocycles. The van der Waals surface area contributed by atoms with E-state index in [2.05, 4.69) is 10.6 Å². The van der Waals surface area contributed by atoms with Gasteiger partial charge in [0.1, 0.15) is 11.9 Å². The zero-order valence-electron chi connectivity index (χ0n) is 14.5. The Labute approximate surface area is 154 Å². The Morgan fingerprint density at radius 3 is 2.37 bits per heavy atom. The van der Waals surface area contributed by atoms with Crippen molar-refractivity contribution in [2.75, 3.05) is 13.1 Å². The number of carbonyl (C=O) groups is 4. The van der Waals surface area contributed by atoms with Gasteiger partial charge in [-0.25, -0.2) is 4.39 Å². The number of hydrogen-bond acceptors (Lipinski definition) is 5. The summed E-state index contributed by atoms with van der Waals surface area (Å²) in [5.41, 5.74) is 0.578. The van der Waals surface area contributed by atoms with Crippen molar-refractivity contribution < 1.29 is 23.6 Å². The second kappa shape index (κ2) is 5.69. The summed E-state index contributed by atoms with van der Waals surface area (Å²) in [6.07, 6.45) is 1.16. The highest BCUT2D eigenvalue weighted by atomic mass is 19.1. The lowest BCUT2D eigenvalue weighted by molar-refractivity contribution is -0.136. The van der Waals surface area contributed by atoms with E-state index in [4.69, 9.17) is 0 Å². The van der Waals surface area contributed by atoms with Gasteiger partial charge in [-0.05, 0) is 55.3 Å². The maximum atomic E-state index is 14.5. The third kappa shape index (κ3) is 2.22. The first-order chi connectivity index (χ1) is 13.0. The van der Waals surface area contributed by atoms with Gasteiger partial charge in [0, 0.05) is 6.42 Å². The first-order valence-corrected chi connectivity index (χ1v) is 9.22. The number of piperidine rings is 3. The highest BCUT2D eigenvalue weighted by molar-refractivity contribution is 6.24. The number of carbonyl (C=O) groups excluding carboxylic acids is 4. The SMILES string of the molecule is O=C1CCC(N2C(=O)c3c(F)ccc(C4C5CNCC4C5)c3C2=O)C(=O)N1. The zero-order valence-corrected chi connectivity index (χ0v) is 14.5. The van der Waals surface area contributed by atoms with Gasteiger partial charge in [-0.1, -0.05) is 6.07 Å². The maximum Gasteiger partial charge on any atom is 0.265 e. The largest absolute Gasteiger partial charge is 0.316 e. The van der Waals surface area contributed by atoms with Gasteiger partial charge in [0.05, 0.1) is 11.1 Å². The van der Waals surface area contributed by atoms with Crippen LogP contribution in [-0.4, -0.2) is 47.7 Å². The van der Waals surface area contributed by atoms with Gasteiger partial charge < -0.3 is 5.32 Å². The fraction of sp³-hybridized carbons (Fsp3) is 0.474. The lowest BCUT2D eigenvalue weighted by Gasteiger charge is -2.50. The van der Waals surface area contributed by atoms with Crippen molar-refractivity contribution in [3.05, 3.63) is 34.6 Å². The molecular weight excluding hydrogens is 353 g/mol. The third-order valence-electron chi connectivity index (χ3n) is 6.37. The quantitative estimate of drug-likeness (QED) is 0.741. The van der Waals surface area contributed by atoms with Crippen molar-refractivity contribution >= 4 is 23.6 Å². The summed E-state index contributed by atoms with van der Waals surface area (Å²) in [5, 5.41) is 5.49. The van der Waals surface area contributed by atoms with Gasteiger partial charge in [-0.3, -0.25) is 29.4 Å². The van der Waals surface area contributed by atoms with Crippen LogP contribution in [0.4, 0.5) is 4.39 Å². The molecule has 1 saturated carbocycles. The summed E-state index contributed by atoms with van der Waals surface area (Å²) in [4.78, 5) is 50.4. The van der Waals surface area contributed by atoms with E-state index in [1.807, 2.05) is 0 Å². The van der Waals surface area contributed by atoms with Crippen LogP contribution in [0.15, 0.2) is 12.1 Å². The van der Waals surface area contributed by atoms with Crippen molar-refractivity contribution in [3.63, 3.8) is 0 Å². The Morgan fingerprint density at radius 1 is 1.00 bits per heavy atom. The van der Waals surface area contributed by atoms with E-state index < -0.39 is 35.5 Å². The lowest BCUT2D eigenvalue weighted by Crippen LogP contribution is -2.54. The van der Waals surface area contributed by atoms with Crippen LogP contribution in [0.25, 0.3) is 0 Å². The molecule has 1 aliphatic carbocycles. The molecule has 2 N–H and O–H groups in total. The topological polar surface area (TPSA) is 95.6 Å². The molecule has 0 aromatic heterocycles. The zero-order chi connectivity index (χ0) is 18.9. The first kappa shape index (κ1) is 16.6. The Hall–Kier alpha value is -2.61. The predicted molar refractivity (Wildman–Crippen MR) is 90.3 cm³/mol. The number of fused-ring (bicyclic) bond motifs is 3. The van der Waals surface area contributed by atoms with Gasteiger partial charge in [0.2, 0.25) is 11.8 Å². The molecule has 7 nitrogen and oxygen atoms in total. The number of benzene rings is 1. The summed E-state index contributed by atoms with van der Waals surface area (Å²) in [5.74, 6) is -2.43. The van der Waals surface area contributed by atoms with Crippen molar-refractivity contribution in [3.8, 4) is 0 Å².